The lowest BCUT2D eigenvalue weighted by molar-refractivity contribution is 1.25. The first-order valence-electron chi connectivity index (χ1n) is 3.59. The summed E-state index contributed by atoms with van der Waals surface area (Å²) < 4.78 is 0. The van der Waals surface area contributed by atoms with Gasteiger partial charge in [0.2, 0.25) is 0 Å². The molecule has 0 atom stereocenters. The van der Waals surface area contributed by atoms with Gasteiger partial charge < -0.3 is 4.98 Å². The van der Waals surface area contributed by atoms with Gasteiger partial charge in [-0.25, -0.2) is 4.98 Å². The maximum Gasteiger partial charge on any atom is 0.103 e. The van der Waals surface area contributed by atoms with E-state index in [1.807, 2.05) is 23.7 Å². The van der Waals surface area contributed by atoms with E-state index in [1.165, 1.54) is 0 Å². The molecule has 1 N–H and O–H groups in total. The van der Waals surface area contributed by atoms with Crippen LogP contribution in [-0.2, 0) is 5.75 Å². The average molecular weight is 196 g/mol. The molecule has 12 heavy (non-hydrogen) atoms. The van der Waals surface area contributed by atoms with Gasteiger partial charge in [0.05, 0.1) is 11.4 Å². The van der Waals surface area contributed by atoms with E-state index in [1.54, 1.807) is 11.3 Å². The maximum absolute atomic E-state index is 4.38. The van der Waals surface area contributed by atoms with Gasteiger partial charge in [-0.2, -0.15) is 12.6 Å². The van der Waals surface area contributed by atoms with E-state index in [0.29, 0.717) is 5.75 Å². The second-order valence-corrected chi connectivity index (χ2v) is 3.63. The molecule has 0 aliphatic rings. The van der Waals surface area contributed by atoms with Crippen LogP contribution in [-0.4, -0.2) is 9.97 Å². The average Bonchev–Trinajstić information content (AvgIpc) is 2.75. The van der Waals surface area contributed by atoms with Crippen molar-refractivity contribution in [2.75, 3.05) is 0 Å². The van der Waals surface area contributed by atoms with Crippen LogP contribution in [0.15, 0.2) is 23.7 Å². The first-order chi connectivity index (χ1) is 5.90. The van der Waals surface area contributed by atoms with Crippen LogP contribution in [0.4, 0.5) is 0 Å². The molecule has 2 nitrogen and oxygen atoms in total. The highest BCUT2D eigenvalue weighted by Crippen LogP contribution is 2.20. The molecule has 62 valence electrons. The van der Waals surface area contributed by atoms with Crippen molar-refractivity contribution in [3.8, 4) is 11.4 Å². The Hall–Kier alpha value is -0.740. The van der Waals surface area contributed by atoms with Crippen molar-refractivity contribution in [1.82, 2.24) is 9.97 Å². The van der Waals surface area contributed by atoms with Crippen LogP contribution in [0, 0.1) is 0 Å². The second-order valence-electron chi connectivity index (χ2n) is 2.37. The minimum absolute atomic E-state index is 0.714. The van der Waals surface area contributed by atoms with Crippen molar-refractivity contribution >= 4 is 24.0 Å². The summed E-state index contributed by atoms with van der Waals surface area (Å²) in [4.78, 5) is 7.49. The number of aromatic nitrogens is 2. The molecule has 0 unspecified atom stereocenters. The summed E-state index contributed by atoms with van der Waals surface area (Å²) in [7, 11) is 0. The molecule has 0 amide bonds. The van der Waals surface area contributed by atoms with Crippen molar-refractivity contribution in [2.45, 2.75) is 5.75 Å². The summed E-state index contributed by atoms with van der Waals surface area (Å²) in [5.74, 6) is 0.714. The Bertz CT molecular complexity index is 351. The normalized spacial score (nSPS) is 10.4. The van der Waals surface area contributed by atoms with Gasteiger partial charge in [0.25, 0.3) is 0 Å². The van der Waals surface area contributed by atoms with Crippen LogP contribution < -0.4 is 0 Å². The molecule has 0 saturated carbocycles. The van der Waals surface area contributed by atoms with Crippen molar-refractivity contribution in [3.05, 3.63) is 28.7 Å². The van der Waals surface area contributed by atoms with Gasteiger partial charge in [-0.1, -0.05) is 0 Å². The third kappa shape index (κ3) is 1.40. The molecule has 4 heteroatoms. The van der Waals surface area contributed by atoms with E-state index in [-0.39, 0.29) is 0 Å². The SMILES string of the molecule is SCc1nc(-c2ccc[nH]2)cs1. The van der Waals surface area contributed by atoms with E-state index in [0.717, 1.165) is 16.4 Å². The number of thiol groups is 1. The summed E-state index contributed by atoms with van der Waals surface area (Å²) in [5, 5.41) is 3.10. The van der Waals surface area contributed by atoms with E-state index < -0.39 is 0 Å². The van der Waals surface area contributed by atoms with Crippen molar-refractivity contribution in [3.63, 3.8) is 0 Å². The summed E-state index contributed by atoms with van der Waals surface area (Å²) in [5.41, 5.74) is 2.08. The number of aromatic amines is 1. The fourth-order valence-corrected chi connectivity index (χ4v) is 1.94. The molecule has 0 bridgehead atoms. The lowest BCUT2D eigenvalue weighted by Gasteiger charge is -1.87. The molecular weight excluding hydrogens is 188 g/mol. The van der Waals surface area contributed by atoms with Gasteiger partial charge in [0.15, 0.2) is 0 Å². The Morgan fingerprint density at radius 3 is 3.08 bits per heavy atom. The fourth-order valence-electron chi connectivity index (χ4n) is 0.997. The quantitative estimate of drug-likeness (QED) is 0.710. The number of hydrogen-bond acceptors (Lipinski definition) is 3. The summed E-state index contributed by atoms with van der Waals surface area (Å²) in [6.07, 6.45) is 1.90. The third-order valence-corrected chi connectivity index (χ3v) is 2.92. The molecule has 0 aliphatic heterocycles. The van der Waals surface area contributed by atoms with E-state index in [4.69, 9.17) is 0 Å². The lowest BCUT2D eigenvalue weighted by Crippen LogP contribution is -1.78. The van der Waals surface area contributed by atoms with Crippen LogP contribution >= 0.6 is 24.0 Å². The second kappa shape index (κ2) is 3.33. The Labute approximate surface area is 80.1 Å². The zero-order valence-corrected chi connectivity index (χ0v) is 8.03. The van der Waals surface area contributed by atoms with Gasteiger partial charge in [0, 0.05) is 17.3 Å². The molecule has 0 aromatic carbocycles. The Balaban J connectivity index is 2.35. The molecule has 2 heterocycles. The summed E-state index contributed by atoms with van der Waals surface area (Å²) in [6, 6.07) is 3.98. The molecule has 0 saturated heterocycles. The zero-order chi connectivity index (χ0) is 8.39. The van der Waals surface area contributed by atoms with Crippen molar-refractivity contribution in [2.24, 2.45) is 0 Å². The molecule has 2 aromatic heterocycles. The Kier molecular flexibility index (Phi) is 2.19. The number of rotatable bonds is 2. The molecule has 0 radical (unpaired) electrons. The maximum atomic E-state index is 4.38. The van der Waals surface area contributed by atoms with E-state index >= 15 is 0 Å². The third-order valence-electron chi connectivity index (χ3n) is 1.56. The zero-order valence-electron chi connectivity index (χ0n) is 6.32. The van der Waals surface area contributed by atoms with E-state index in [9.17, 15) is 0 Å². The van der Waals surface area contributed by atoms with Gasteiger partial charge in [-0.15, -0.1) is 11.3 Å². The molecule has 0 fully saturated rings. The lowest BCUT2D eigenvalue weighted by atomic mass is 10.3. The first-order valence-corrected chi connectivity index (χ1v) is 5.10. The van der Waals surface area contributed by atoms with Crippen molar-refractivity contribution < 1.29 is 0 Å². The topological polar surface area (TPSA) is 28.7 Å². The van der Waals surface area contributed by atoms with Gasteiger partial charge in [-0.3, -0.25) is 0 Å². The number of nitrogens with one attached hydrogen (secondary N) is 1. The van der Waals surface area contributed by atoms with Gasteiger partial charge in [-0.05, 0) is 12.1 Å². The summed E-state index contributed by atoms with van der Waals surface area (Å²) >= 11 is 5.80. The highest BCUT2D eigenvalue weighted by molar-refractivity contribution is 7.79. The number of thiazole rings is 1. The van der Waals surface area contributed by atoms with Gasteiger partial charge in [0.1, 0.15) is 5.01 Å². The summed E-state index contributed by atoms with van der Waals surface area (Å²) in [6.45, 7) is 0. The van der Waals surface area contributed by atoms with Crippen LogP contribution in [0.2, 0.25) is 0 Å². The van der Waals surface area contributed by atoms with Gasteiger partial charge >= 0.3 is 0 Å². The fraction of sp³-hybridized carbons (Fsp3) is 0.125. The largest absolute Gasteiger partial charge is 0.360 e. The Morgan fingerprint density at radius 1 is 1.58 bits per heavy atom. The minimum atomic E-state index is 0.714. The molecule has 2 rings (SSSR count). The first kappa shape index (κ1) is 7.89. The predicted octanol–water partition coefficient (Wildman–Crippen LogP) is 2.57. The van der Waals surface area contributed by atoms with Crippen LogP contribution in [0.1, 0.15) is 5.01 Å². The molecular formula is C8H8N2S2. The predicted molar refractivity (Wildman–Crippen MR) is 54.6 cm³/mol. The Morgan fingerprint density at radius 2 is 2.50 bits per heavy atom. The van der Waals surface area contributed by atoms with E-state index in [2.05, 4.69) is 22.6 Å². The highest BCUT2D eigenvalue weighted by Gasteiger charge is 2.02. The number of nitrogens with zero attached hydrogens (tertiary/aromatic N) is 1. The van der Waals surface area contributed by atoms with Crippen LogP contribution in [0.3, 0.4) is 0 Å². The molecule has 0 aliphatic carbocycles. The minimum Gasteiger partial charge on any atom is -0.360 e. The monoisotopic (exact) mass is 196 g/mol. The molecule has 2 aromatic rings. The van der Waals surface area contributed by atoms with Crippen LogP contribution in [0.25, 0.3) is 11.4 Å². The number of hydrogen-bond donors (Lipinski definition) is 2. The standard InChI is InChI=1S/C8H8N2S2/c11-4-8-10-7(5-12-8)6-2-1-3-9-6/h1-3,5,9,11H,4H2. The van der Waals surface area contributed by atoms with Crippen LogP contribution in [0.5, 0.6) is 0 Å². The smallest absolute Gasteiger partial charge is 0.103 e. The number of H-pyrrole nitrogens is 1. The molecule has 0 spiro atoms. The van der Waals surface area contributed by atoms with Crippen molar-refractivity contribution in [1.29, 1.82) is 0 Å². The highest BCUT2D eigenvalue weighted by atomic mass is 32.1.